The molecule has 0 aliphatic heterocycles. The van der Waals surface area contributed by atoms with Crippen molar-refractivity contribution < 1.29 is 14.6 Å². The second-order valence-electron chi connectivity index (χ2n) is 2.80. The molecule has 0 bridgehead atoms. The van der Waals surface area contributed by atoms with E-state index in [-0.39, 0.29) is 22.2 Å². The molecule has 5 N–H and O–H groups in total. The average molecular weight is 241 g/mol. The van der Waals surface area contributed by atoms with Crippen molar-refractivity contribution in [2.45, 2.75) is 0 Å². The Labute approximate surface area is 97.4 Å². The fourth-order valence-electron chi connectivity index (χ4n) is 1.10. The summed E-state index contributed by atoms with van der Waals surface area (Å²) in [7, 11) is 1.40. The minimum absolute atomic E-state index is 0.00810. The van der Waals surface area contributed by atoms with Crippen LogP contribution in [-0.4, -0.2) is 23.2 Å². The van der Waals surface area contributed by atoms with E-state index < -0.39 is 5.91 Å². The molecule has 0 aromatic heterocycles. The summed E-state index contributed by atoms with van der Waals surface area (Å²) < 4.78 is 4.94. The molecule has 0 saturated carbocycles. The monoisotopic (exact) mass is 241 g/mol. The summed E-state index contributed by atoms with van der Waals surface area (Å²) in [5.41, 5.74) is 9.63. The van der Waals surface area contributed by atoms with Gasteiger partial charge in [0.25, 0.3) is 5.91 Å². The number of aromatic hydroxyl groups is 1. The second-order valence-corrected chi connectivity index (χ2v) is 3.24. The topological polar surface area (TPSA) is 96.6 Å². The zero-order chi connectivity index (χ0) is 12.1. The number of amides is 1. The van der Waals surface area contributed by atoms with E-state index >= 15 is 0 Å². The number of methoxy groups -OCH3 is 1. The number of hydrazine groups is 1. The Morgan fingerprint density at radius 2 is 2.19 bits per heavy atom. The first-order valence-electron chi connectivity index (χ1n) is 4.28. The number of ether oxygens (including phenoxy) is 1. The van der Waals surface area contributed by atoms with Crippen LogP contribution in [0.5, 0.6) is 11.5 Å². The molecular formula is C9H11N3O3S. The lowest BCUT2D eigenvalue weighted by Crippen LogP contribution is -2.44. The van der Waals surface area contributed by atoms with E-state index in [0.717, 1.165) is 0 Å². The average Bonchev–Trinajstić information content (AvgIpc) is 2.25. The van der Waals surface area contributed by atoms with Crippen LogP contribution in [0.4, 0.5) is 0 Å². The first-order chi connectivity index (χ1) is 7.56. The summed E-state index contributed by atoms with van der Waals surface area (Å²) in [5, 5.41) is 9.44. The molecule has 1 aromatic carbocycles. The van der Waals surface area contributed by atoms with E-state index in [2.05, 4.69) is 23.1 Å². The molecule has 1 rings (SSSR count). The largest absolute Gasteiger partial charge is 0.507 e. The highest BCUT2D eigenvalue weighted by molar-refractivity contribution is 7.80. The molecule has 0 saturated heterocycles. The third-order valence-corrected chi connectivity index (χ3v) is 1.85. The molecule has 0 spiro atoms. The van der Waals surface area contributed by atoms with Crippen molar-refractivity contribution in [2.24, 2.45) is 5.73 Å². The Morgan fingerprint density at radius 3 is 2.75 bits per heavy atom. The molecule has 0 atom stereocenters. The van der Waals surface area contributed by atoms with Crippen LogP contribution >= 0.6 is 12.2 Å². The van der Waals surface area contributed by atoms with Crippen molar-refractivity contribution in [2.75, 3.05) is 7.11 Å². The van der Waals surface area contributed by atoms with Gasteiger partial charge in [-0.25, -0.2) is 0 Å². The van der Waals surface area contributed by atoms with Crippen molar-refractivity contribution in [3.05, 3.63) is 23.8 Å². The number of carbonyl (C=O) groups is 1. The maximum absolute atomic E-state index is 11.6. The minimum atomic E-state index is -0.595. The third kappa shape index (κ3) is 2.74. The van der Waals surface area contributed by atoms with Gasteiger partial charge in [0, 0.05) is 0 Å². The normalized spacial score (nSPS) is 9.31. The van der Waals surface area contributed by atoms with Crippen LogP contribution < -0.4 is 21.3 Å². The Hall–Kier alpha value is -2.02. The Bertz CT molecular complexity index is 422. The maximum Gasteiger partial charge on any atom is 0.277 e. The standard InChI is InChI=1S/C9H11N3O3S/c1-15-6-4-2-3-5(13)7(6)8(14)11-12-9(10)16/h2-4,13H,1H3,(H,11,14)(H3,10,12,16). The second kappa shape index (κ2) is 5.17. The van der Waals surface area contributed by atoms with Crippen LogP contribution in [0.3, 0.4) is 0 Å². The predicted octanol–water partition coefficient (Wildman–Crippen LogP) is -0.121. The van der Waals surface area contributed by atoms with Gasteiger partial charge in [-0.1, -0.05) is 6.07 Å². The van der Waals surface area contributed by atoms with Gasteiger partial charge in [0.05, 0.1) is 7.11 Å². The van der Waals surface area contributed by atoms with Gasteiger partial charge in [0.2, 0.25) is 0 Å². The number of hydrogen-bond acceptors (Lipinski definition) is 4. The summed E-state index contributed by atoms with van der Waals surface area (Å²) in [6, 6.07) is 4.49. The molecule has 6 nitrogen and oxygen atoms in total. The third-order valence-electron chi connectivity index (χ3n) is 1.75. The quantitative estimate of drug-likeness (QED) is 0.426. The van der Waals surface area contributed by atoms with Gasteiger partial charge in [0.15, 0.2) is 5.11 Å². The molecule has 0 aliphatic carbocycles. The lowest BCUT2D eigenvalue weighted by atomic mass is 10.1. The Balaban J connectivity index is 2.93. The highest BCUT2D eigenvalue weighted by atomic mass is 32.1. The summed E-state index contributed by atoms with van der Waals surface area (Å²) >= 11 is 4.52. The molecule has 0 unspecified atom stereocenters. The lowest BCUT2D eigenvalue weighted by molar-refractivity contribution is 0.0938. The predicted molar refractivity (Wildman–Crippen MR) is 62.0 cm³/mol. The summed E-state index contributed by atoms with van der Waals surface area (Å²) in [5.74, 6) is -0.536. The number of carbonyl (C=O) groups excluding carboxylic acids is 1. The van der Waals surface area contributed by atoms with E-state index in [1.165, 1.54) is 13.2 Å². The van der Waals surface area contributed by atoms with Crippen LogP contribution in [0.1, 0.15) is 10.4 Å². The molecule has 1 aromatic rings. The van der Waals surface area contributed by atoms with E-state index in [9.17, 15) is 9.90 Å². The molecule has 7 heteroatoms. The van der Waals surface area contributed by atoms with Gasteiger partial charge >= 0.3 is 0 Å². The van der Waals surface area contributed by atoms with Crippen molar-refractivity contribution in [1.82, 2.24) is 10.9 Å². The minimum Gasteiger partial charge on any atom is -0.507 e. The number of phenols is 1. The van der Waals surface area contributed by atoms with Gasteiger partial charge in [-0.2, -0.15) is 0 Å². The molecule has 16 heavy (non-hydrogen) atoms. The van der Waals surface area contributed by atoms with Crippen LogP contribution in [-0.2, 0) is 0 Å². The zero-order valence-corrected chi connectivity index (χ0v) is 9.30. The Kier molecular flexibility index (Phi) is 3.90. The highest BCUT2D eigenvalue weighted by Crippen LogP contribution is 2.26. The van der Waals surface area contributed by atoms with Gasteiger partial charge in [-0.3, -0.25) is 15.6 Å². The lowest BCUT2D eigenvalue weighted by Gasteiger charge is -2.11. The van der Waals surface area contributed by atoms with Gasteiger partial charge in [-0.05, 0) is 24.4 Å². The maximum atomic E-state index is 11.6. The highest BCUT2D eigenvalue weighted by Gasteiger charge is 2.16. The SMILES string of the molecule is COc1cccc(O)c1C(=O)NNC(N)=S. The van der Waals surface area contributed by atoms with Gasteiger partial charge in [-0.15, -0.1) is 0 Å². The Morgan fingerprint density at radius 1 is 1.50 bits per heavy atom. The van der Waals surface area contributed by atoms with Gasteiger partial charge in [0.1, 0.15) is 17.1 Å². The number of phenolic OH excluding ortho intramolecular Hbond substituents is 1. The van der Waals surface area contributed by atoms with Gasteiger partial charge < -0.3 is 15.6 Å². The van der Waals surface area contributed by atoms with E-state index in [4.69, 9.17) is 10.5 Å². The van der Waals surface area contributed by atoms with Crippen molar-refractivity contribution in [3.8, 4) is 11.5 Å². The number of rotatable bonds is 2. The van der Waals surface area contributed by atoms with E-state index in [1.54, 1.807) is 12.1 Å². The van der Waals surface area contributed by atoms with E-state index in [1.807, 2.05) is 0 Å². The number of nitrogens with one attached hydrogen (secondary N) is 2. The van der Waals surface area contributed by atoms with Crippen LogP contribution in [0.25, 0.3) is 0 Å². The molecule has 1 amide bonds. The summed E-state index contributed by atoms with van der Waals surface area (Å²) in [4.78, 5) is 11.6. The number of benzene rings is 1. The first kappa shape index (κ1) is 12.1. The first-order valence-corrected chi connectivity index (χ1v) is 4.69. The number of thiocarbonyl (C=S) groups is 1. The molecule has 0 aliphatic rings. The number of hydrogen-bond donors (Lipinski definition) is 4. The van der Waals surface area contributed by atoms with Crippen molar-refractivity contribution >= 4 is 23.2 Å². The fraction of sp³-hybridized carbons (Fsp3) is 0.111. The smallest absolute Gasteiger partial charge is 0.277 e. The van der Waals surface area contributed by atoms with Crippen LogP contribution in [0.15, 0.2) is 18.2 Å². The molecule has 86 valence electrons. The van der Waals surface area contributed by atoms with Crippen LogP contribution in [0.2, 0.25) is 0 Å². The summed E-state index contributed by atoms with van der Waals surface area (Å²) in [6.45, 7) is 0. The fourth-order valence-corrected chi connectivity index (χ4v) is 1.15. The molecule has 0 radical (unpaired) electrons. The summed E-state index contributed by atoms with van der Waals surface area (Å²) in [6.07, 6.45) is 0. The van der Waals surface area contributed by atoms with Crippen LogP contribution in [0, 0.1) is 0 Å². The molecular weight excluding hydrogens is 230 g/mol. The molecule has 0 fully saturated rings. The number of nitrogens with two attached hydrogens (primary N) is 1. The molecule has 0 heterocycles. The zero-order valence-electron chi connectivity index (χ0n) is 8.48. The van der Waals surface area contributed by atoms with Crippen molar-refractivity contribution in [3.63, 3.8) is 0 Å². The van der Waals surface area contributed by atoms with E-state index in [0.29, 0.717) is 0 Å². The van der Waals surface area contributed by atoms with Crippen molar-refractivity contribution in [1.29, 1.82) is 0 Å².